The van der Waals surface area contributed by atoms with Gasteiger partial charge >= 0.3 is 0 Å². The maximum Gasteiger partial charge on any atom is 0.120 e. The van der Waals surface area contributed by atoms with Crippen LogP contribution >= 0.6 is 0 Å². The predicted molar refractivity (Wildman–Crippen MR) is 57.0 cm³/mol. The zero-order valence-electron chi connectivity index (χ0n) is 9.05. The van der Waals surface area contributed by atoms with Crippen LogP contribution in [0.25, 0.3) is 0 Å². The van der Waals surface area contributed by atoms with Crippen molar-refractivity contribution in [2.24, 2.45) is 11.8 Å². The summed E-state index contributed by atoms with van der Waals surface area (Å²) in [6.45, 7) is 6.41. The Kier molecular flexibility index (Phi) is 2.92. The molecule has 1 aliphatic carbocycles. The van der Waals surface area contributed by atoms with Gasteiger partial charge in [0.2, 0.25) is 0 Å². The van der Waals surface area contributed by atoms with Crippen LogP contribution in [0.4, 0.5) is 0 Å². The maximum atomic E-state index is 5.36. The van der Waals surface area contributed by atoms with E-state index in [1.807, 2.05) is 6.07 Å². The van der Waals surface area contributed by atoms with Crippen molar-refractivity contribution in [3.63, 3.8) is 0 Å². The average molecular weight is 193 g/mol. The minimum absolute atomic E-state index is 0.824. The molecule has 2 rings (SSSR count). The summed E-state index contributed by atoms with van der Waals surface area (Å²) in [4.78, 5) is 0. The molecule has 1 N–H and O–H groups in total. The molecule has 0 aliphatic heterocycles. The number of hydrogen-bond donors (Lipinski definition) is 1. The minimum atomic E-state index is 0.824. The van der Waals surface area contributed by atoms with Crippen LogP contribution in [0.2, 0.25) is 0 Å². The molecule has 0 aromatic carbocycles. The molecular weight excluding hydrogens is 174 g/mol. The highest BCUT2D eigenvalue weighted by Gasteiger charge is 2.27. The van der Waals surface area contributed by atoms with E-state index in [9.17, 15) is 0 Å². The Morgan fingerprint density at radius 2 is 2.36 bits per heavy atom. The second-order valence-electron chi connectivity index (χ2n) is 4.47. The fraction of sp³-hybridized carbons (Fsp3) is 0.667. The Labute approximate surface area is 85.7 Å². The molecule has 1 saturated carbocycles. The van der Waals surface area contributed by atoms with Crippen molar-refractivity contribution in [1.82, 2.24) is 5.32 Å². The van der Waals surface area contributed by atoms with E-state index in [1.165, 1.54) is 18.4 Å². The van der Waals surface area contributed by atoms with E-state index in [2.05, 4.69) is 19.2 Å². The van der Waals surface area contributed by atoms with Crippen LogP contribution in [-0.2, 0) is 6.54 Å². The molecule has 1 unspecified atom stereocenters. The van der Waals surface area contributed by atoms with Crippen molar-refractivity contribution in [3.05, 3.63) is 23.7 Å². The summed E-state index contributed by atoms with van der Waals surface area (Å²) in [6.07, 6.45) is 4.63. The quantitative estimate of drug-likeness (QED) is 0.777. The molecule has 0 saturated heterocycles. The molecular formula is C12H19NO. The van der Waals surface area contributed by atoms with Crippen LogP contribution in [0.3, 0.4) is 0 Å². The molecule has 0 bridgehead atoms. The summed E-state index contributed by atoms with van der Waals surface area (Å²) < 4.78 is 5.36. The molecule has 78 valence electrons. The topological polar surface area (TPSA) is 25.2 Å². The molecule has 2 nitrogen and oxygen atoms in total. The third-order valence-electron chi connectivity index (χ3n) is 3.15. The first-order chi connectivity index (χ1) is 6.77. The van der Waals surface area contributed by atoms with Gasteiger partial charge in [0.1, 0.15) is 5.76 Å². The van der Waals surface area contributed by atoms with Gasteiger partial charge in [0.05, 0.1) is 12.8 Å². The first-order valence-electron chi connectivity index (χ1n) is 5.51. The van der Waals surface area contributed by atoms with Gasteiger partial charge < -0.3 is 9.73 Å². The average Bonchev–Trinajstić information content (AvgIpc) is 2.93. The second kappa shape index (κ2) is 4.18. The number of aryl methyl sites for hydroxylation is 1. The SMILES string of the molecule is Cc1ccoc1CNCC(C)C1CC1. The highest BCUT2D eigenvalue weighted by molar-refractivity contribution is 5.14. The lowest BCUT2D eigenvalue weighted by molar-refractivity contribution is 0.428. The van der Waals surface area contributed by atoms with Crippen LogP contribution in [0.1, 0.15) is 31.1 Å². The van der Waals surface area contributed by atoms with Crippen LogP contribution in [0, 0.1) is 18.8 Å². The lowest BCUT2D eigenvalue weighted by Gasteiger charge is -2.10. The van der Waals surface area contributed by atoms with E-state index in [-0.39, 0.29) is 0 Å². The Morgan fingerprint density at radius 1 is 1.57 bits per heavy atom. The third kappa shape index (κ3) is 2.38. The summed E-state index contributed by atoms with van der Waals surface area (Å²) in [5.41, 5.74) is 1.25. The largest absolute Gasteiger partial charge is 0.468 e. The standard InChI is InChI=1S/C12H19NO/c1-9-5-6-14-12(9)8-13-7-10(2)11-3-4-11/h5-6,10-11,13H,3-4,7-8H2,1-2H3. The lowest BCUT2D eigenvalue weighted by Crippen LogP contribution is -2.21. The smallest absolute Gasteiger partial charge is 0.120 e. The number of furan rings is 1. The summed E-state index contributed by atoms with van der Waals surface area (Å²) in [7, 11) is 0. The van der Waals surface area contributed by atoms with Gasteiger partial charge in [-0.1, -0.05) is 6.92 Å². The Bertz CT molecular complexity index is 288. The van der Waals surface area contributed by atoms with Crippen LogP contribution in [0.15, 0.2) is 16.7 Å². The van der Waals surface area contributed by atoms with Gasteiger partial charge in [-0.25, -0.2) is 0 Å². The lowest BCUT2D eigenvalue weighted by atomic mass is 10.1. The zero-order valence-corrected chi connectivity index (χ0v) is 9.05. The minimum Gasteiger partial charge on any atom is -0.468 e. The predicted octanol–water partition coefficient (Wildman–Crippen LogP) is 2.72. The summed E-state index contributed by atoms with van der Waals surface area (Å²) in [5.74, 6) is 2.89. The van der Waals surface area contributed by atoms with E-state index >= 15 is 0 Å². The summed E-state index contributed by atoms with van der Waals surface area (Å²) in [6, 6.07) is 2.02. The number of rotatable bonds is 5. The Hall–Kier alpha value is -0.760. The van der Waals surface area contributed by atoms with E-state index in [0.29, 0.717) is 0 Å². The monoisotopic (exact) mass is 193 g/mol. The van der Waals surface area contributed by atoms with Crippen molar-refractivity contribution in [2.75, 3.05) is 6.54 Å². The van der Waals surface area contributed by atoms with Gasteiger partial charge in [0.25, 0.3) is 0 Å². The van der Waals surface area contributed by atoms with Gasteiger partial charge in [0, 0.05) is 0 Å². The molecule has 14 heavy (non-hydrogen) atoms. The Morgan fingerprint density at radius 3 is 2.93 bits per heavy atom. The zero-order chi connectivity index (χ0) is 9.97. The van der Waals surface area contributed by atoms with Crippen LogP contribution in [-0.4, -0.2) is 6.54 Å². The van der Waals surface area contributed by atoms with Crippen molar-refractivity contribution < 1.29 is 4.42 Å². The molecule has 1 heterocycles. The van der Waals surface area contributed by atoms with Gasteiger partial charge in [-0.3, -0.25) is 0 Å². The molecule has 1 aromatic heterocycles. The van der Waals surface area contributed by atoms with E-state index in [1.54, 1.807) is 6.26 Å². The van der Waals surface area contributed by atoms with E-state index in [0.717, 1.165) is 30.7 Å². The van der Waals surface area contributed by atoms with E-state index in [4.69, 9.17) is 4.42 Å². The van der Waals surface area contributed by atoms with Crippen LogP contribution in [0.5, 0.6) is 0 Å². The summed E-state index contributed by atoms with van der Waals surface area (Å²) >= 11 is 0. The Balaban J connectivity index is 1.69. The third-order valence-corrected chi connectivity index (χ3v) is 3.15. The molecule has 1 aromatic rings. The normalized spacial score (nSPS) is 18.4. The highest BCUT2D eigenvalue weighted by atomic mass is 16.3. The fourth-order valence-corrected chi connectivity index (χ4v) is 1.83. The first kappa shape index (κ1) is 9.78. The number of hydrogen-bond acceptors (Lipinski definition) is 2. The van der Waals surface area contributed by atoms with Gasteiger partial charge in [-0.15, -0.1) is 0 Å². The number of nitrogens with one attached hydrogen (secondary N) is 1. The molecule has 1 fully saturated rings. The highest BCUT2D eigenvalue weighted by Crippen LogP contribution is 2.36. The molecule has 0 spiro atoms. The maximum absolute atomic E-state index is 5.36. The molecule has 0 radical (unpaired) electrons. The first-order valence-corrected chi connectivity index (χ1v) is 5.51. The summed E-state index contributed by atoms with van der Waals surface area (Å²) in [5, 5.41) is 3.46. The molecule has 0 amide bonds. The van der Waals surface area contributed by atoms with Crippen molar-refractivity contribution >= 4 is 0 Å². The van der Waals surface area contributed by atoms with Gasteiger partial charge in [0.15, 0.2) is 0 Å². The van der Waals surface area contributed by atoms with Crippen molar-refractivity contribution in [2.45, 2.75) is 33.2 Å². The van der Waals surface area contributed by atoms with Gasteiger partial charge in [-0.05, 0) is 49.8 Å². The second-order valence-corrected chi connectivity index (χ2v) is 4.47. The van der Waals surface area contributed by atoms with Gasteiger partial charge in [-0.2, -0.15) is 0 Å². The molecule has 2 heteroatoms. The fourth-order valence-electron chi connectivity index (χ4n) is 1.83. The molecule has 1 aliphatic rings. The van der Waals surface area contributed by atoms with Crippen molar-refractivity contribution in [1.29, 1.82) is 0 Å². The van der Waals surface area contributed by atoms with Crippen molar-refractivity contribution in [3.8, 4) is 0 Å². The van der Waals surface area contributed by atoms with Crippen LogP contribution < -0.4 is 5.32 Å². The molecule has 1 atom stereocenters. The van der Waals surface area contributed by atoms with E-state index < -0.39 is 0 Å².